The van der Waals surface area contributed by atoms with Crippen LogP contribution in [0.1, 0.15) is 57.1 Å². The van der Waals surface area contributed by atoms with E-state index in [1.54, 1.807) is 0 Å². The second kappa shape index (κ2) is 13.2. The van der Waals surface area contributed by atoms with Gasteiger partial charge in [0.05, 0.1) is 27.4 Å². The predicted molar refractivity (Wildman–Crippen MR) is 275 cm³/mol. The van der Waals surface area contributed by atoms with Gasteiger partial charge in [0.25, 0.3) is 0 Å². The van der Waals surface area contributed by atoms with Crippen LogP contribution in [0.5, 0.6) is 11.5 Å². The largest absolute Gasteiger partial charge is 0.496 e. The molecule has 0 aromatic heterocycles. The summed E-state index contributed by atoms with van der Waals surface area (Å²) in [6.45, 7) is 0.635. The molecule has 10 aliphatic carbocycles. The lowest BCUT2D eigenvalue weighted by Crippen LogP contribution is -2.41. The van der Waals surface area contributed by atoms with Crippen molar-refractivity contribution in [1.82, 2.24) is 0 Å². The van der Waals surface area contributed by atoms with E-state index in [0.29, 0.717) is 13.2 Å². The fraction of sp³-hybridized carbons (Fsp3) is 0.281. The molecule has 2 fully saturated rings. The van der Waals surface area contributed by atoms with Crippen LogP contribution in [-0.4, -0.2) is 36.0 Å². The van der Waals surface area contributed by atoms with Gasteiger partial charge in [0.15, 0.2) is 11.6 Å². The smallest absolute Gasteiger partial charge is 0.179 e. The van der Waals surface area contributed by atoms with E-state index in [1.807, 2.05) is 14.2 Å². The maximum atomic E-state index is 13.1. The lowest BCUT2D eigenvalue weighted by Gasteiger charge is -2.52. The van der Waals surface area contributed by atoms with Crippen molar-refractivity contribution in [2.24, 2.45) is 47.3 Å². The summed E-state index contributed by atoms with van der Waals surface area (Å²) in [5.41, 5.74) is 7.01. The standard InChI is InChI=1S/C64H50O6/c1-67-61-57-41-21-23-43(55-47-27-25-45(53(41)55)63(47,65)69-29-37-15-13-35-11-9-31-5-3-7-33-17-19-39(37)51(35)49(31)33)59(57)62(68-2)60-44-24-22-42(58(60)61)54-46-26-28-48(56(44)54)64(46,66)70-30-38-16-14-36-12-10-32-6-4-8-34-18-20-40(38)52(36)50(32)34/h3-28,41-48,53-56,65-66H,29-30H2,1-2H3. The molecule has 12 unspecified atom stereocenters. The molecule has 0 spiro atoms. The molecule has 12 atom stereocenters. The molecule has 8 bridgehead atoms. The van der Waals surface area contributed by atoms with Gasteiger partial charge >= 0.3 is 0 Å². The Morgan fingerprint density at radius 2 is 0.671 bits per heavy atom. The molecule has 6 nitrogen and oxygen atoms in total. The van der Waals surface area contributed by atoms with Crippen LogP contribution in [0.4, 0.5) is 0 Å². The van der Waals surface area contributed by atoms with Crippen molar-refractivity contribution in [2.75, 3.05) is 14.2 Å². The van der Waals surface area contributed by atoms with Crippen molar-refractivity contribution in [3.63, 3.8) is 0 Å². The molecule has 342 valence electrons. The molecular weight excluding hydrogens is 865 g/mol. The Morgan fingerprint density at radius 3 is 1.00 bits per heavy atom. The van der Waals surface area contributed by atoms with Gasteiger partial charge in [-0.3, -0.25) is 0 Å². The van der Waals surface area contributed by atoms with E-state index in [-0.39, 0.29) is 71.0 Å². The van der Waals surface area contributed by atoms with Gasteiger partial charge in [-0.1, -0.05) is 158 Å². The highest BCUT2D eigenvalue weighted by atomic mass is 16.6. The van der Waals surface area contributed by atoms with Crippen LogP contribution in [-0.2, 0) is 22.7 Å². The van der Waals surface area contributed by atoms with E-state index in [4.69, 9.17) is 18.9 Å². The summed E-state index contributed by atoms with van der Waals surface area (Å²) in [4.78, 5) is 0. The van der Waals surface area contributed by atoms with E-state index in [9.17, 15) is 10.2 Å². The lowest BCUT2D eigenvalue weighted by atomic mass is 9.52. The maximum Gasteiger partial charge on any atom is 0.179 e. The first-order chi connectivity index (χ1) is 34.4. The van der Waals surface area contributed by atoms with Crippen LogP contribution in [0.3, 0.4) is 0 Å². The number of aliphatic hydroxyl groups is 2. The minimum Gasteiger partial charge on any atom is -0.496 e. The summed E-state index contributed by atoms with van der Waals surface area (Å²) < 4.78 is 27.4. The number of methoxy groups -OCH3 is 2. The van der Waals surface area contributed by atoms with E-state index in [0.717, 1.165) is 22.6 Å². The zero-order chi connectivity index (χ0) is 46.1. The number of fused-ring (bicyclic) bond motifs is 4. The molecule has 9 aromatic carbocycles. The summed E-state index contributed by atoms with van der Waals surface area (Å²) in [5, 5.41) is 41.0. The van der Waals surface area contributed by atoms with Crippen LogP contribution in [0.15, 0.2) is 158 Å². The maximum absolute atomic E-state index is 13.1. The van der Waals surface area contributed by atoms with Crippen LogP contribution < -0.4 is 9.47 Å². The summed E-state index contributed by atoms with van der Waals surface area (Å²) >= 11 is 0. The first-order valence-corrected chi connectivity index (χ1v) is 25.5. The topological polar surface area (TPSA) is 77.4 Å². The monoisotopic (exact) mass is 914 g/mol. The van der Waals surface area contributed by atoms with Crippen LogP contribution in [0.25, 0.3) is 64.6 Å². The number of allylic oxidation sites excluding steroid dienone is 4. The van der Waals surface area contributed by atoms with Gasteiger partial charge in [0.1, 0.15) is 11.5 Å². The Kier molecular flexibility index (Phi) is 7.42. The van der Waals surface area contributed by atoms with Gasteiger partial charge in [-0.05, 0) is 99.4 Å². The molecule has 0 aliphatic heterocycles. The molecule has 6 heteroatoms. The van der Waals surface area contributed by atoms with Crippen molar-refractivity contribution in [2.45, 2.75) is 48.5 Å². The van der Waals surface area contributed by atoms with Crippen LogP contribution >= 0.6 is 0 Å². The minimum absolute atomic E-state index is 0.00873. The third-order valence-corrected chi connectivity index (χ3v) is 19.7. The molecule has 10 aliphatic rings. The molecule has 0 amide bonds. The first kappa shape index (κ1) is 39.2. The highest BCUT2D eigenvalue weighted by Crippen LogP contribution is 2.75. The highest BCUT2D eigenvalue weighted by Gasteiger charge is 2.71. The lowest BCUT2D eigenvalue weighted by molar-refractivity contribution is -0.238. The first-order valence-electron chi connectivity index (χ1n) is 25.5. The van der Waals surface area contributed by atoms with Crippen molar-refractivity contribution in [1.29, 1.82) is 0 Å². The van der Waals surface area contributed by atoms with Crippen molar-refractivity contribution >= 4 is 64.6 Å². The molecule has 19 rings (SSSR count). The second-order valence-corrected chi connectivity index (χ2v) is 22.0. The van der Waals surface area contributed by atoms with Gasteiger partial charge < -0.3 is 29.2 Å². The number of ether oxygens (including phenoxy) is 4. The number of hydrogen-bond donors (Lipinski definition) is 2. The SMILES string of the molecule is COc1c2c(c(OC)c3c1C1C=CC3C3C1C1C=CC3C1(O)OCc1ccc3ccc4cccc5ccc1c3c45)C1C=CC2C2C1C1C=CC2C1(O)OCc1ccc2ccc3cccc4ccc1c2c34. The van der Waals surface area contributed by atoms with Gasteiger partial charge in [0.2, 0.25) is 0 Å². The van der Waals surface area contributed by atoms with E-state index < -0.39 is 11.6 Å². The molecule has 70 heavy (non-hydrogen) atoms. The van der Waals surface area contributed by atoms with Gasteiger partial charge in [-0.15, -0.1) is 0 Å². The number of benzene rings is 9. The summed E-state index contributed by atoms with van der Waals surface area (Å²) in [7, 11) is 3.67. The Bertz CT molecular complexity index is 3540. The molecular formula is C64H50O6. The van der Waals surface area contributed by atoms with Crippen LogP contribution in [0, 0.1) is 47.3 Å². The average Bonchev–Trinajstić information content (AvgIpc) is 4.10. The molecule has 0 heterocycles. The Morgan fingerprint density at radius 1 is 0.371 bits per heavy atom. The summed E-state index contributed by atoms with van der Waals surface area (Å²) in [5.74, 6) is -0.965. The zero-order valence-electron chi connectivity index (χ0n) is 38.9. The molecule has 0 radical (unpaired) electrons. The fourth-order valence-electron chi connectivity index (χ4n) is 17.2. The Balaban J connectivity index is 0.717. The van der Waals surface area contributed by atoms with Crippen LogP contribution in [0.2, 0.25) is 0 Å². The van der Waals surface area contributed by atoms with Gasteiger partial charge in [0, 0.05) is 69.6 Å². The molecule has 0 saturated heterocycles. The van der Waals surface area contributed by atoms with Gasteiger partial charge in [-0.2, -0.15) is 0 Å². The average molecular weight is 915 g/mol. The quantitative estimate of drug-likeness (QED) is 0.0898. The predicted octanol–water partition coefficient (Wildman–Crippen LogP) is 12.9. The molecule has 2 N–H and O–H groups in total. The second-order valence-electron chi connectivity index (χ2n) is 22.0. The summed E-state index contributed by atoms with van der Waals surface area (Å²) in [6, 6.07) is 39.6. The van der Waals surface area contributed by atoms with E-state index in [1.165, 1.54) is 86.9 Å². The van der Waals surface area contributed by atoms with Crippen molar-refractivity contribution in [3.8, 4) is 11.5 Å². The highest BCUT2D eigenvalue weighted by molar-refractivity contribution is 6.24. The number of rotatable bonds is 8. The van der Waals surface area contributed by atoms with Gasteiger partial charge in [-0.25, -0.2) is 0 Å². The Labute approximate surface area is 404 Å². The van der Waals surface area contributed by atoms with Crippen molar-refractivity contribution < 1.29 is 29.2 Å². The number of hydrogen-bond acceptors (Lipinski definition) is 6. The third kappa shape index (κ3) is 4.50. The fourth-order valence-corrected chi connectivity index (χ4v) is 17.2. The van der Waals surface area contributed by atoms with Crippen molar-refractivity contribution in [3.05, 3.63) is 191 Å². The minimum atomic E-state index is -1.35. The normalized spacial score (nSPS) is 34.1. The van der Waals surface area contributed by atoms with E-state index >= 15 is 0 Å². The Hall–Kier alpha value is -6.54. The zero-order valence-corrected chi connectivity index (χ0v) is 38.9. The van der Waals surface area contributed by atoms with E-state index in [2.05, 4.69) is 158 Å². The summed E-state index contributed by atoms with van der Waals surface area (Å²) in [6.07, 6.45) is 18.5. The molecule has 9 aromatic rings. The third-order valence-electron chi connectivity index (χ3n) is 19.7. The molecule has 2 saturated carbocycles.